The van der Waals surface area contributed by atoms with E-state index in [-0.39, 0.29) is 5.78 Å². The lowest BCUT2D eigenvalue weighted by Crippen LogP contribution is -2.04. The number of rotatable bonds is 4. The van der Waals surface area contributed by atoms with Gasteiger partial charge in [-0.2, -0.15) is 0 Å². The molecule has 3 aromatic carbocycles. The Morgan fingerprint density at radius 2 is 1.63 bits per heavy atom. The minimum Gasteiger partial charge on any atom is -0.289 e. The summed E-state index contributed by atoms with van der Waals surface area (Å²) >= 11 is 0. The zero-order chi connectivity index (χ0) is 18.8. The fourth-order valence-electron chi connectivity index (χ4n) is 3.14. The van der Waals surface area contributed by atoms with E-state index in [0.717, 1.165) is 22.4 Å². The van der Waals surface area contributed by atoms with E-state index in [1.807, 2.05) is 92.8 Å². The quantitative estimate of drug-likeness (QED) is 0.496. The van der Waals surface area contributed by atoms with Crippen LogP contribution in [-0.2, 0) is 0 Å². The number of ketones is 1. The standard InChI is InChI=1S/C23H19N3O/c1-16-12-13-19(23(27)18-9-4-3-5-10-18)20(14-16)21-15-26(25-24-21)22-11-7-6-8-17(22)2/h3-15H,1-2H3. The van der Waals surface area contributed by atoms with Crippen molar-refractivity contribution < 1.29 is 4.79 Å². The molecule has 0 radical (unpaired) electrons. The van der Waals surface area contributed by atoms with Crippen LogP contribution in [0.2, 0.25) is 0 Å². The average Bonchev–Trinajstić information content (AvgIpc) is 3.18. The van der Waals surface area contributed by atoms with Crippen LogP contribution >= 0.6 is 0 Å². The predicted octanol–water partition coefficient (Wildman–Crippen LogP) is 4.78. The molecule has 1 heterocycles. The van der Waals surface area contributed by atoms with Gasteiger partial charge < -0.3 is 0 Å². The topological polar surface area (TPSA) is 47.8 Å². The van der Waals surface area contributed by atoms with Gasteiger partial charge >= 0.3 is 0 Å². The van der Waals surface area contributed by atoms with Crippen LogP contribution in [0.25, 0.3) is 16.9 Å². The van der Waals surface area contributed by atoms with E-state index in [2.05, 4.69) is 10.3 Å². The van der Waals surface area contributed by atoms with Gasteiger partial charge in [-0.25, -0.2) is 4.68 Å². The highest BCUT2D eigenvalue weighted by Crippen LogP contribution is 2.26. The lowest BCUT2D eigenvalue weighted by atomic mass is 9.95. The Balaban J connectivity index is 1.80. The van der Waals surface area contributed by atoms with Crippen molar-refractivity contribution in [1.82, 2.24) is 15.0 Å². The third-order valence-corrected chi connectivity index (χ3v) is 4.59. The second kappa shape index (κ2) is 7.00. The summed E-state index contributed by atoms with van der Waals surface area (Å²) in [5.74, 6) is -0.0176. The second-order valence-electron chi connectivity index (χ2n) is 6.58. The number of aromatic nitrogens is 3. The van der Waals surface area contributed by atoms with Gasteiger partial charge in [0.15, 0.2) is 5.78 Å². The predicted molar refractivity (Wildman–Crippen MR) is 106 cm³/mol. The zero-order valence-corrected chi connectivity index (χ0v) is 15.3. The molecular weight excluding hydrogens is 334 g/mol. The van der Waals surface area contributed by atoms with E-state index < -0.39 is 0 Å². The van der Waals surface area contributed by atoms with Crippen LogP contribution in [0.4, 0.5) is 0 Å². The molecule has 4 rings (SSSR count). The number of carbonyl (C=O) groups excluding carboxylic acids is 1. The lowest BCUT2D eigenvalue weighted by molar-refractivity contribution is 0.103. The van der Waals surface area contributed by atoms with Crippen molar-refractivity contribution in [1.29, 1.82) is 0 Å². The molecule has 132 valence electrons. The Kier molecular flexibility index (Phi) is 4.38. The number of benzene rings is 3. The van der Waals surface area contributed by atoms with Gasteiger partial charge in [-0.05, 0) is 31.5 Å². The number of carbonyl (C=O) groups is 1. The van der Waals surface area contributed by atoms with E-state index in [1.54, 1.807) is 4.68 Å². The van der Waals surface area contributed by atoms with Crippen LogP contribution < -0.4 is 0 Å². The molecule has 27 heavy (non-hydrogen) atoms. The maximum Gasteiger partial charge on any atom is 0.193 e. The van der Waals surface area contributed by atoms with E-state index >= 15 is 0 Å². The number of para-hydroxylation sites is 1. The molecule has 0 fully saturated rings. The minimum absolute atomic E-state index is 0.0176. The first kappa shape index (κ1) is 16.9. The van der Waals surface area contributed by atoms with Crippen LogP contribution in [0.15, 0.2) is 79.0 Å². The number of nitrogens with zero attached hydrogens (tertiary/aromatic N) is 3. The molecule has 0 atom stereocenters. The molecule has 0 saturated carbocycles. The van der Waals surface area contributed by atoms with Gasteiger partial charge in [0.25, 0.3) is 0 Å². The highest BCUT2D eigenvalue weighted by molar-refractivity contribution is 6.12. The first-order valence-electron chi connectivity index (χ1n) is 8.82. The third kappa shape index (κ3) is 3.29. The highest BCUT2D eigenvalue weighted by atomic mass is 16.1. The first-order valence-corrected chi connectivity index (χ1v) is 8.82. The van der Waals surface area contributed by atoms with Crippen LogP contribution in [0, 0.1) is 13.8 Å². The maximum atomic E-state index is 13.0. The lowest BCUT2D eigenvalue weighted by Gasteiger charge is -2.08. The summed E-state index contributed by atoms with van der Waals surface area (Å²) in [7, 11) is 0. The monoisotopic (exact) mass is 353 g/mol. The van der Waals surface area contributed by atoms with Gasteiger partial charge in [0, 0.05) is 16.7 Å². The molecule has 0 aliphatic heterocycles. The molecule has 4 heteroatoms. The number of aryl methyl sites for hydroxylation is 2. The van der Waals surface area contributed by atoms with Crippen molar-refractivity contribution in [2.24, 2.45) is 0 Å². The van der Waals surface area contributed by atoms with Gasteiger partial charge in [-0.1, -0.05) is 71.4 Å². The summed E-state index contributed by atoms with van der Waals surface area (Å²) in [6.07, 6.45) is 1.87. The second-order valence-corrected chi connectivity index (χ2v) is 6.58. The first-order chi connectivity index (χ1) is 13.1. The van der Waals surface area contributed by atoms with Crippen molar-refractivity contribution in [2.75, 3.05) is 0 Å². The van der Waals surface area contributed by atoms with E-state index in [9.17, 15) is 4.79 Å². The maximum absolute atomic E-state index is 13.0. The molecule has 0 amide bonds. The molecule has 4 nitrogen and oxygen atoms in total. The SMILES string of the molecule is Cc1ccc(C(=O)c2ccccc2)c(-c2cn(-c3ccccc3C)nn2)c1. The smallest absolute Gasteiger partial charge is 0.193 e. The molecule has 0 unspecified atom stereocenters. The summed E-state index contributed by atoms with van der Waals surface area (Å²) in [5, 5.41) is 8.62. The summed E-state index contributed by atoms with van der Waals surface area (Å²) in [6, 6.07) is 23.1. The number of hydrogen-bond acceptors (Lipinski definition) is 3. The molecule has 0 N–H and O–H groups in total. The van der Waals surface area contributed by atoms with Crippen molar-refractivity contribution >= 4 is 5.78 Å². The zero-order valence-electron chi connectivity index (χ0n) is 15.3. The average molecular weight is 353 g/mol. The molecular formula is C23H19N3O. The van der Waals surface area contributed by atoms with Crippen LogP contribution in [0.3, 0.4) is 0 Å². The van der Waals surface area contributed by atoms with Crippen molar-refractivity contribution in [3.63, 3.8) is 0 Å². The van der Waals surface area contributed by atoms with Gasteiger partial charge in [-0.15, -0.1) is 5.10 Å². The van der Waals surface area contributed by atoms with Crippen LogP contribution in [-0.4, -0.2) is 20.8 Å². The molecule has 0 bridgehead atoms. The van der Waals surface area contributed by atoms with Crippen molar-refractivity contribution in [3.05, 3.63) is 101 Å². The van der Waals surface area contributed by atoms with Crippen LogP contribution in [0.5, 0.6) is 0 Å². The van der Waals surface area contributed by atoms with E-state index in [4.69, 9.17) is 0 Å². The van der Waals surface area contributed by atoms with Gasteiger partial charge in [-0.3, -0.25) is 4.79 Å². The molecule has 1 aromatic heterocycles. The molecule has 4 aromatic rings. The Hall–Kier alpha value is -3.53. The molecule has 0 aliphatic carbocycles. The fourth-order valence-corrected chi connectivity index (χ4v) is 3.14. The molecule has 0 aliphatic rings. The minimum atomic E-state index is -0.0176. The van der Waals surface area contributed by atoms with Gasteiger partial charge in [0.1, 0.15) is 5.69 Å². The fraction of sp³-hybridized carbons (Fsp3) is 0.0870. The Morgan fingerprint density at radius 3 is 2.41 bits per heavy atom. The highest BCUT2D eigenvalue weighted by Gasteiger charge is 2.17. The Morgan fingerprint density at radius 1 is 0.889 bits per heavy atom. The van der Waals surface area contributed by atoms with Crippen molar-refractivity contribution in [3.8, 4) is 16.9 Å². The van der Waals surface area contributed by atoms with Crippen LogP contribution in [0.1, 0.15) is 27.0 Å². The molecule has 0 spiro atoms. The Bertz CT molecular complexity index is 1110. The summed E-state index contributed by atoms with van der Waals surface area (Å²) in [4.78, 5) is 13.0. The summed E-state index contributed by atoms with van der Waals surface area (Å²) in [6.45, 7) is 4.04. The normalized spacial score (nSPS) is 10.7. The Labute approximate surface area is 158 Å². The van der Waals surface area contributed by atoms with E-state index in [0.29, 0.717) is 16.8 Å². The van der Waals surface area contributed by atoms with Gasteiger partial charge in [0.2, 0.25) is 0 Å². The number of hydrogen-bond donors (Lipinski definition) is 0. The van der Waals surface area contributed by atoms with E-state index in [1.165, 1.54) is 0 Å². The molecule has 0 saturated heterocycles. The van der Waals surface area contributed by atoms with Gasteiger partial charge in [0.05, 0.1) is 11.9 Å². The largest absolute Gasteiger partial charge is 0.289 e. The summed E-state index contributed by atoms with van der Waals surface area (Å²) in [5.41, 5.74) is 5.92. The summed E-state index contributed by atoms with van der Waals surface area (Å²) < 4.78 is 1.75. The third-order valence-electron chi connectivity index (χ3n) is 4.59. The van der Waals surface area contributed by atoms with Crippen molar-refractivity contribution in [2.45, 2.75) is 13.8 Å².